The van der Waals surface area contributed by atoms with Gasteiger partial charge in [-0.1, -0.05) is 96.8 Å². The zero-order valence-corrected chi connectivity index (χ0v) is 19.6. The summed E-state index contributed by atoms with van der Waals surface area (Å²) in [5.74, 6) is 0. The van der Waals surface area contributed by atoms with Crippen molar-refractivity contribution in [3.05, 3.63) is 0 Å². The average Bonchev–Trinajstić information content (AvgIpc) is 3.10. The molecule has 0 amide bonds. The first-order chi connectivity index (χ1) is 13.5. The molecule has 168 valence electrons. The fourth-order valence-corrected chi connectivity index (χ4v) is 4.15. The van der Waals surface area contributed by atoms with Gasteiger partial charge in [0.15, 0.2) is 6.29 Å². The number of hydrogen-bond acceptors (Lipinski definition) is 4. The Hall–Kier alpha value is 0.450. The Morgan fingerprint density at radius 2 is 1.29 bits per heavy atom. The molecule has 1 aliphatic rings. The van der Waals surface area contributed by atoms with E-state index in [0.717, 1.165) is 12.8 Å². The Kier molecular flexibility index (Phi) is 16.2. The van der Waals surface area contributed by atoms with Gasteiger partial charge in [-0.15, -0.1) is 0 Å². The van der Waals surface area contributed by atoms with E-state index in [2.05, 4.69) is 18.7 Å². The Balaban J connectivity index is 1.78. The molecule has 28 heavy (non-hydrogen) atoms. The first kappa shape index (κ1) is 26.5. The molecular weight excluding hydrogens is 395 g/mol. The highest BCUT2D eigenvalue weighted by Crippen LogP contribution is 2.37. The lowest BCUT2D eigenvalue weighted by atomic mass is 10.0. The Morgan fingerprint density at radius 1 is 0.821 bits per heavy atom. The van der Waals surface area contributed by atoms with Crippen molar-refractivity contribution in [2.45, 2.75) is 122 Å². The third-order valence-electron chi connectivity index (χ3n) is 5.28. The maximum absolute atomic E-state index is 9.06. The van der Waals surface area contributed by atoms with Crippen molar-refractivity contribution in [2.75, 3.05) is 13.2 Å². The van der Waals surface area contributed by atoms with Crippen LogP contribution >= 0.6 is 6.72 Å². The molecule has 2 atom stereocenters. The monoisotopic (exact) mass is 438 g/mol. The fourth-order valence-electron chi connectivity index (χ4n) is 3.61. The van der Waals surface area contributed by atoms with Gasteiger partial charge in [0.1, 0.15) is 6.10 Å². The molecule has 0 aromatic rings. The van der Waals surface area contributed by atoms with Gasteiger partial charge in [-0.3, -0.25) is 0 Å². The summed E-state index contributed by atoms with van der Waals surface area (Å²) in [4.78, 5) is 18.1. The molecule has 1 rings (SSSR count). The van der Waals surface area contributed by atoms with Crippen LogP contribution in [0.25, 0.3) is 0 Å². The summed E-state index contributed by atoms with van der Waals surface area (Å²) in [5, 5.41) is 0. The zero-order valence-electron chi connectivity index (χ0n) is 17.9. The molecule has 2 N–H and O–H groups in total. The molecule has 0 aliphatic carbocycles. The first-order valence-corrected chi connectivity index (χ1v) is 14.1. The van der Waals surface area contributed by atoms with E-state index >= 15 is 0 Å². The van der Waals surface area contributed by atoms with Crippen LogP contribution in [0.2, 0.25) is 0 Å². The van der Waals surface area contributed by atoms with E-state index in [1.54, 1.807) is 0 Å². The number of unbranched alkanes of at least 4 members (excludes halogenated alkanes) is 14. The summed E-state index contributed by atoms with van der Waals surface area (Å²) >= 11 is 4.43. The minimum absolute atomic E-state index is 0.0830. The van der Waals surface area contributed by atoms with E-state index in [1.807, 2.05) is 0 Å². The quantitative estimate of drug-likeness (QED) is 0.184. The predicted octanol–water partition coefficient (Wildman–Crippen LogP) is 6.22. The van der Waals surface area contributed by atoms with E-state index in [0.29, 0.717) is 6.61 Å². The van der Waals surface area contributed by atoms with E-state index in [9.17, 15) is 0 Å². The van der Waals surface area contributed by atoms with Crippen molar-refractivity contribution in [1.82, 2.24) is 0 Å². The second kappa shape index (κ2) is 17.2. The van der Waals surface area contributed by atoms with Gasteiger partial charge >= 0.3 is 6.72 Å². The van der Waals surface area contributed by atoms with Gasteiger partial charge in [-0.2, -0.15) is 0 Å². The molecule has 0 radical (unpaired) electrons. The summed E-state index contributed by atoms with van der Waals surface area (Å²) in [6.45, 7) is -0.807. The second-order valence-electron chi connectivity index (χ2n) is 8.05. The SMILES string of the molecule is CCCCCCCCCCCCCCCCC[C@H]1OC[C@H](COP(O)(O)=S)O1. The lowest BCUT2D eigenvalue weighted by Crippen LogP contribution is -2.18. The molecule has 1 saturated heterocycles. The van der Waals surface area contributed by atoms with Crippen LogP contribution < -0.4 is 0 Å². The Morgan fingerprint density at radius 3 is 1.75 bits per heavy atom. The molecule has 0 bridgehead atoms. The molecule has 1 aliphatic heterocycles. The van der Waals surface area contributed by atoms with E-state index in [1.165, 1.54) is 89.9 Å². The van der Waals surface area contributed by atoms with Crippen LogP contribution in [0.15, 0.2) is 0 Å². The van der Waals surface area contributed by atoms with Gasteiger partial charge in [0.2, 0.25) is 0 Å². The lowest BCUT2D eigenvalue weighted by Gasteiger charge is -2.13. The van der Waals surface area contributed by atoms with E-state index in [4.69, 9.17) is 23.8 Å². The molecule has 0 aromatic heterocycles. The molecule has 0 aromatic carbocycles. The molecule has 0 unspecified atom stereocenters. The Bertz CT molecular complexity index is 404. The second-order valence-corrected chi connectivity index (χ2v) is 10.7. The van der Waals surface area contributed by atoms with Gasteiger partial charge in [0, 0.05) is 0 Å². The van der Waals surface area contributed by atoms with Crippen molar-refractivity contribution >= 4 is 18.5 Å². The number of rotatable bonds is 19. The first-order valence-electron chi connectivity index (χ1n) is 11.5. The van der Waals surface area contributed by atoms with Crippen molar-refractivity contribution in [2.24, 2.45) is 0 Å². The van der Waals surface area contributed by atoms with Gasteiger partial charge in [-0.25, -0.2) is 0 Å². The van der Waals surface area contributed by atoms with Crippen molar-refractivity contribution in [3.8, 4) is 0 Å². The molecular formula is C21H43O5PS. The molecule has 7 heteroatoms. The van der Waals surface area contributed by atoms with Crippen molar-refractivity contribution in [3.63, 3.8) is 0 Å². The maximum Gasteiger partial charge on any atom is 0.321 e. The zero-order chi connectivity index (χ0) is 20.5. The summed E-state index contributed by atoms with van der Waals surface area (Å²) in [5.41, 5.74) is 0. The molecule has 0 spiro atoms. The largest absolute Gasteiger partial charge is 0.350 e. The van der Waals surface area contributed by atoms with E-state index < -0.39 is 6.72 Å². The van der Waals surface area contributed by atoms with Crippen LogP contribution in [0.4, 0.5) is 0 Å². The van der Waals surface area contributed by atoms with Crippen LogP contribution in [0.5, 0.6) is 0 Å². The van der Waals surface area contributed by atoms with Gasteiger partial charge < -0.3 is 23.8 Å². The summed E-state index contributed by atoms with van der Waals surface area (Å²) in [6, 6.07) is 0. The van der Waals surface area contributed by atoms with Gasteiger partial charge in [0.05, 0.1) is 13.2 Å². The highest BCUT2D eigenvalue weighted by molar-refractivity contribution is 8.06. The minimum atomic E-state index is -3.59. The van der Waals surface area contributed by atoms with Crippen molar-refractivity contribution < 1.29 is 23.8 Å². The summed E-state index contributed by atoms with van der Waals surface area (Å²) in [6.07, 6.45) is 20.8. The molecule has 1 heterocycles. The van der Waals surface area contributed by atoms with Crippen LogP contribution in [0.3, 0.4) is 0 Å². The number of ether oxygens (including phenoxy) is 2. The number of hydrogen-bond donors (Lipinski definition) is 2. The third-order valence-corrected chi connectivity index (χ3v) is 6.09. The van der Waals surface area contributed by atoms with Crippen LogP contribution in [-0.4, -0.2) is 35.4 Å². The smallest absolute Gasteiger partial charge is 0.321 e. The van der Waals surface area contributed by atoms with Gasteiger partial charge in [0.25, 0.3) is 0 Å². The minimum Gasteiger partial charge on any atom is -0.350 e. The van der Waals surface area contributed by atoms with Crippen LogP contribution in [0, 0.1) is 0 Å². The highest BCUT2D eigenvalue weighted by Gasteiger charge is 2.27. The average molecular weight is 439 g/mol. The molecule has 1 fully saturated rings. The maximum atomic E-state index is 9.06. The summed E-state index contributed by atoms with van der Waals surface area (Å²) in [7, 11) is 0. The van der Waals surface area contributed by atoms with Gasteiger partial charge in [-0.05, 0) is 24.6 Å². The van der Waals surface area contributed by atoms with Crippen LogP contribution in [0.1, 0.15) is 110 Å². The normalized spacial score (nSPS) is 20.1. The molecule has 5 nitrogen and oxygen atoms in total. The highest BCUT2D eigenvalue weighted by atomic mass is 32.5. The predicted molar refractivity (Wildman–Crippen MR) is 119 cm³/mol. The Labute approximate surface area is 177 Å². The fraction of sp³-hybridized carbons (Fsp3) is 1.00. The summed E-state index contributed by atoms with van der Waals surface area (Å²) < 4.78 is 16.1. The lowest BCUT2D eigenvalue weighted by molar-refractivity contribution is -0.0691. The third kappa shape index (κ3) is 16.3. The standard InChI is InChI=1S/C21H43O5PS/c1-2-3-4-5-6-7-8-9-10-11-12-13-14-15-16-17-21-24-18-20(26-21)19-25-27(22,23)28/h20-21H,2-19H2,1H3,(H2,22,23,28)/t20-,21+/m1/s1. The van der Waals surface area contributed by atoms with Crippen LogP contribution in [-0.2, 0) is 25.8 Å². The topological polar surface area (TPSA) is 68.2 Å². The van der Waals surface area contributed by atoms with E-state index in [-0.39, 0.29) is 19.0 Å². The molecule has 0 saturated carbocycles. The van der Waals surface area contributed by atoms with Crippen molar-refractivity contribution in [1.29, 1.82) is 0 Å².